The second-order valence-corrected chi connectivity index (χ2v) is 22.0. The zero-order valence-corrected chi connectivity index (χ0v) is 47.6. The molecule has 0 radical (unpaired) electrons. The first kappa shape index (κ1) is 64.7. The Morgan fingerprint density at radius 2 is 1.57 bits per heavy atom. The van der Waals surface area contributed by atoms with Gasteiger partial charge in [0, 0.05) is 24.8 Å². The third-order valence-electron chi connectivity index (χ3n) is 11.9. The highest BCUT2D eigenvalue weighted by Gasteiger charge is 2.38. The highest BCUT2D eigenvalue weighted by Crippen LogP contribution is 2.43. The number of aromatic nitrogens is 3. The van der Waals surface area contributed by atoms with Gasteiger partial charge in [0.25, 0.3) is 5.91 Å². The number of nitrogens with two attached hydrogens (primary N) is 1. The molecule has 0 spiro atoms. The fourth-order valence-electron chi connectivity index (χ4n) is 8.06. The molecule has 1 aliphatic heterocycles. The Bertz CT molecular complexity index is 3320. The van der Waals surface area contributed by atoms with Gasteiger partial charge in [-0.15, -0.1) is 11.6 Å². The number of nitrogens with zero attached hydrogens (tertiary/aromatic N) is 6. The number of para-hydroxylation sites is 3. The molecular formula is C51H50Cl5F6N7O10S. The number of nitrogen functional groups attached to an aromatic ring is 1. The SMILES string of the molecule is CC1COc2ccccc2N1C(=O)C(Cl)Cl.CCc1cccc(C)c1N(C(=O)CCl)C(C)COC.CS(=O)(=O)c1cc(C(F)(F)F)ccc1C(=O)c1cnoc1C1CC1.Nc1c([N+](=O)[O-])cnn1-c1c(Cl)cc(C(F)(F)F)cc1Cl. The lowest BCUT2D eigenvalue weighted by Gasteiger charge is -2.35. The van der Waals surface area contributed by atoms with Gasteiger partial charge in [-0.3, -0.25) is 24.5 Å². The molecule has 17 nitrogen and oxygen atoms in total. The van der Waals surface area contributed by atoms with Crippen molar-refractivity contribution < 1.29 is 68.1 Å². The molecular weight excluding hydrogens is 1190 g/mol. The van der Waals surface area contributed by atoms with E-state index < -0.39 is 65.3 Å². The second-order valence-electron chi connectivity index (χ2n) is 17.8. The van der Waals surface area contributed by atoms with Crippen molar-refractivity contribution in [2.45, 2.75) is 87.0 Å². The number of carbonyl (C=O) groups excluding carboxylic acids is 3. The zero-order chi connectivity index (χ0) is 59.8. The Morgan fingerprint density at radius 1 is 0.950 bits per heavy atom. The molecule has 0 saturated heterocycles. The predicted molar refractivity (Wildman–Crippen MR) is 291 cm³/mol. The highest BCUT2D eigenvalue weighted by molar-refractivity contribution is 7.90. The van der Waals surface area contributed by atoms with E-state index >= 15 is 0 Å². The van der Waals surface area contributed by atoms with Crippen LogP contribution in [0.25, 0.3) is 5.69 Å². The Morgan fingerprint density at radius 3 is 2.10 bits per heavy atom. The summed E-state index contributed by atoms with van der Waals surface area (Å²) in [6, 6.07) is 16.6. The highest BCUT2D eigenvalue weighted by atomic mass is 35.5. The summed E-state index contributed by atoms with van der Waals surface area (Å²) >= 11 is 28.5. The number of hydrogen-bond acceptors (Lipinski definition) is 13. The summed E-state index contributed by atoms with van der Waals surface area (Å²) in [5, 5.41) is 17.1. The van der Waals surface area contributed by atoms with Crippen molar-refractivity contribution in [1.82, 2.24) is 14.9 Å². The van der Waals surface area contributed by atoms with E-state index in [1.54, 1.807) is 16.9 Å². The van der Waals surface area contributed by atoms with E-state index in [1.807, 2.05) is 57.2 Å². The Balaban J connectivity index is 0.000000198. The summed E-state index contributed by atoms with van der Waals surface area (Å²) in [6.07, 6.45) is -4.05. The van der Waals surface area contributed by atoms with Gasteiger partial charge in [-0.05, 0) is 93.6 Å². The van der Waals surface area contributed by atoms with Gasteiger partial charge in [-0.2, -0.15) is 31.4 Å². The van der Waals surface area contributed by atoms with E-state index in [-0.39, 0.29) is 62.6 Å². The number of anilines is 3. The number of aryl methyl sites for hydroxylation is 2. The van der Waals surface area contributed by atoms with Crippen LogP contribution in [0.15, 0.2) is 94.6 Å². The third kappa shape index (κ3) is 15.6. The molecule has 2 unspecified atom stereocenters. The topological polar surface area (TPSA) is 223 Å². The van der Waals surface area contributed by atoms with Crippen LogP contribution in [-0.2, 0) is 42.9 Å². The lowest BCUT2D eigenvalue weighted by Crippen LogP contribution is -2.47. The van der Waals surface area contributed by atoms with Crippen molar-refractivity contribution in [2.75, 3.05) is 48.0 Å². The van der Waals surface area contributed by atoms with Crippen LogP contribution in [-0.4, -0.2) is 95.3 Å². The van der Waals surface area contributed by atoms with Crippen LogP contribution in [0.3, 0.4) is 0 Å². The summed E-state index contributed by atoms with van der Waals surface area (Å²) in [4.78, 5) is 48.2. The molecule has 1 fully saturated rings. The normalized spacial score (nSPS) is 14.5. The fraction of sp³-hybridized carbons (Fsp3) is 0.353. The molecule has 2 aliphatic rings. The molecule has 2 amide bonds. The van der Waals surface area contributed by atoms with Crippen LogP contribution in [0.5, 0.6) is 5.75 Å². The molecule has 432 valence electrons. The first-order chi connectivity index (χ1) is 37.4. The van der Waals surface area contributed by atoms with Crippen LogP contribution in [0, 0.1) is 17.0 Å². The summed E-state index contributed by atoms with van der Waals surface area (Å²) in [5.41, 5.74) is 6.34. The second kappa shape index (κ2) is 27.1. The summed E-state index contributed by atoms with van der Waals surface area (Å²) < 4.78 is 117. The van der Waals surface area contributed by atoms with Gasteiger partial charge in [-0.1, -0.05) is 88.8 Å². The minimum absolute atomic E-state index is 0.0223. The fourth-order valence-corrected chi connectivity index (χ4v) is 9.95. The van der Waals surface area contributed by atoms with E-state index in [1.165, 1.54) is 6.20 Å². The molecule has 6 aromatic rings. The smallest absolute Gasteiger partial charge is 0.416 e. The maximum absolute atomic E-state index is 12.8. The molecule has 1 aliphatic carbocycles. The average Bonchev–Trinajstić information content (AvgIpc) is 3.99. The van der Waals surface area contributed by atoms with Crippen LogP contribution in [0.1, 0.15) is 83.5 Å². The maximum atomic E-state index is 12.8. The van der Waals surface area contributed by atoms with Crippen LogP contribution >= 0.6 is 58.0 Å². The Hall–Kier alpha value is -6.15. The molecule has 2 aromatic heterocycles. The molecule has 2 N–H and O–H groups in total. The first-order valence-corrected chi connectivity index (χ1v) is 27.7. The van der Waals surface area contributed by atoms with Crippen molar-refractivity contribution in [2.24, 2.45) is 0 Å². The molecule has 8 rings (SSSR count). The molecule has 4 aromatic carbocycles. The summed E-state index contributed by atoms with van der Waals surface area (Å²) in [7, 11) is -2.40. The summed E-state index contributed by atoms with van der Waals surface area (Å²) in [5.74, 6) is -0.464. The maximum Gasteiger partial charge on any atom is 0.416 e. The molecule has 0 bridgehead atoms. The minimum atomic E-state index is -4.71. The monoisotopic (exact) mass is 1240 g/mol. The van der Waals surface area contributed by atoms with Crippen molar-refractivity contribution in [1.29, 1.82) is 0 Å². The van der Waals surface area contributed by atoms with Crippen molar-refractivity contribution in [3.05, 3.63) is 144 Å². The van der Waals surface area contributed by atoms with Gasteiger partial charge in [0.2, 0.25) is 11.7 Å². The number of nitro groups is 1. The number of amides is 2. The number of fused-ring (bicyclic) bond motifs is 1. The van der Waals surface area contributed by atoms with Gasteiger partial charge < -0.3 is 29.5 Å². The van der Waals surface area contributed by atoms with E-state index in [0.29, 0.717) is 49.0 Å². The van der Waals surface area contributed by atoms with Gasteiger partial charge in [0.15, 0.2) is 26.2 Å². The molecule has 2 atom stereocenters. The summed E-state index contributed by atoms with van der Waals surface area (Å²) in [6.45, 7) is 8.90. The van der Waals surface area contributed by atoms with Crippen LogP contribution in [0.2, 0.25) is 10.0 Å². The third-order valence-corrected chi connectivity index (χ3v) is 14.2. The Kier molecular flexibility index (Phi) is 21.9. The van der Waals surface area contributed by atoms with E-state index in [2.05, 4.69) is 23.2 Å². The van der Waals surface area contributed by atoms with Crippen molar-refractivity contribution in [3.63, 3.8) is 0 Å². The average molecular weight is 1240 g/mol. The minimum Gasteiger partial charge on any atom is -0.489 e. The van der Waals surface area contributed by atoms with Gasteiger partial charge >= 0.3 is 18.0 Å². The molecule has 80 heavy (non-hydrogen) atoms. The number of rotatable bonds is 13. The number of ketones is 1. The number of methoxy groups -OCH3 is 1. The number of hydrogen-bond donors (Lipinski definition) is 1. The number of ether oxygens (including phenoxy) is 2. The van der Waals surface area contributed by atoms with E-state index in [9.17, 15) is 59.3 Å². The zero-order valence-electron chi connectivity index (χ0n) is 43.0. The quantitative estimate of drug-likeness (QED) is 0.0374. The first-order valence-electron chi connectivity index (χ1n) is 23.6. The lowest BCUT2D eigenvalue weighted by atomic mass is 10.0. The van der Waals surface area contributed by atoms with Crippen molar-refractivity contribution >= 4 is 108 Å². The number of carbonyl (C=O) groups is 3. The van der Waals surface area contributed by atoms with Gasteiger partial charge in [0.05, 0.1) is 72.8 Å². The molecule has 29 heteroatoms. The number of sulfone groups is 1. The molecule has 3 heterocycles. The number of alkyl halides is 9. The van der Waals surface area contributed by atoms with Crippen molar-refractivity contribution in [3.8, 4) is 11.4 Å². The van der Waals surface area contributed by atoms with E-state index in [0.717, 1.165) is 65.0 Å². The molecule has 1 saturated carbocycles. The van der Waals surface area contributed by atoms with Crippen LogP contribution in [0.4, 0.5) is 49.2 Å². The standard InChI is InChI=1S/C15H22ClNO2.C15H12F3NO4S.C11H11Cl2NO2.C10H5Cl2F3N4O2/c1-5-13-8-6-7-11(2)15(13)17(14(18)9-16)12(3)10-19-4;1-24(21,22)12-6-9(15(16,17)18)4-5-10(12)13(20)11-7-19-23-14(11)8-2-3-8;1-7-6-16-9-5-3-2-4-8(9)14(7)11(15)10(12)13;11-5-1-4(10(13,14)15)2-6(12)8(5)18-9(16)7(3-17-18)19(20)21/h6-8,12H,5,9-10H2,1-4H3;4-8H,2-3H2,1H3;2-5,7,10H,6H2,1H3;1-3H,16H2. The predicted octanol–water partition coefficient (Wildman–Crippen LogP) is 12.7. The number of halogens is 11. The van der Waals surface area contributed by atoms with Gasteiger partial charge in [0.1, 0.15) is 30.1 Å². The largest absolute Gasteiger partial charge is 0.489 e. The number of benzene rings is 4. The van der Waals surface area contributed by atoms with Crippen LogP contribution < -0.4 is 20.3 Å². The van der Waals surface area contributed by atoms with E-state index in [4.69, 9.17) is 77.7 Å². The Labute approximate surface area is 479 Å². The lowest BCUT2D eigenvalue weighted by molar-refractivity contribution is -0.383. The van der Waals surface area contributed by atoms with Gasteiger partial charge in [-0.25, -0.2) is 13.1 Å².